The summed E-state index contributed by atoms with van der Waals surface area (Å²) in [6, 6.07) is 13.8. The van der Waals surface area contributed by atoms with Crippen molar-refractivity contribution in [2.75, 3.05) is 10.0 Å². The summed E-state index contributed by atoms with van der Waals surface area (Å²) in [5.74, 6) is -1.49. The van der Waals surface area contributed by atoms with Crippen LogP contribution in [0.15, 0.2) is 64.9 Å². The predicted molar refractivity (Wildman–Crippen MR) is 105 cm³/mol. The van der Waals surface area contributed by atoms with Crippen LogP contribution >= 0.6 is 11.3 Å². The number of rotatable bonds is 7. The number of carbonyl (C=O) groups is 2. The van der Waals surface area contributed by atoms with Crippen molar-refractivity contribution in [2.45, 2.75) is 11.3 Å². The van der Waals surface area contributed by atoms with Crippen molar-refractivity contribution < 1.29 is 23.1 Å². The highest BCUT2D eigenvalue weighted by Crippen LogP contribution is 2.20. The minimum absolute atomic E-state index is 0.0593. The zero-order chi connectivity index (χ0) is 20.1. The fourth-order valence-corrected chi connectivity index (χ4v) is 4.29. The Hall–Kier alpha value is -3.24. The molecule has 0 radical (unpaired) electrons. The number of thiazole rings is 1. The van der Waals surface area contributed by atoms with E-state index in [0.717, 1.165) is 11.3 Å². The smallest absolute Gasteiger partial charge is 0.335 e. The number of sulfonamides is 1. The number of benzene rings is 2. The molecule has 1 heterocycles. The molecule has 28 heavy (non-hydrogen) atoms. The number of hydrogen-bond acceptors (Lipinski definition) is 6. The molecule has 0 bridgehead atoms. The molecule has 0 aliphatic carbocycles. The summed E-state index contributed by atoms with van der Waals surface area (Å²) in [6.07, 6.45) is -0.0825. The van der Waals surface area contributed by atoms with E-state index >= 15 is 0 Å². The lowest BCUT2D eigenvalue weighted by Gasteiger charge is -2.05. The summed E-state index contributed by atoms with van der Waals surface area (Å²) in [4.78, 5) is 27.4. The molecule has 1 aromatic heterocycles. The molecule has 1 amide bonds. The number of nitrogens with zero attached hydrogens (tertiary/aromatic N) is 1. The van der Waals surface area contributed by atoms with Crippen LogP contribution in [0.1, 0.15) is 16.1 Å². The third kappa shape index (κ3) is 4.93. The van der Waals surface area contributed by atoms with E-state index in [1.807, 2.05) is 0 Å². The Labute approximate surface area is 164 Å². The Morgan fingerprint density at radius 3 is 2.54 bits per heavy atom. The first-order valence-corrected chi connectivity index (χ1v) is 10.4. The Bertz CT molecular complexity index is 1110. The van der Waals surface area contributed by atoms with Crippen LogP contribution in [0.5, 0.6) is 0 Å². The number of amides is 1. The zero-order valence-corrected chi connectivity index (χ0v) is 16.0. The van der Waals surface area contributed by atoms with E-state index in [-0.39, 0.29) is 22.0 Å². The highest BCUT2D eigenvalue weighted by Gasteiger charge is 2.16. The standard InChI is InChI=1S/C18H15N3O5S2/c22-16(19-13-6-4-5-12(9-13)17(23)24)10-14-11-27-18(20-14)21-28(25,26)15-7-2-1-3-8-15/h1-9,11H,10H2,(H,19,22)(H,20,21)(H,23,24). The largest absolute Gasteiger partial charge is 0.478 e. The Morgan fingerprint density at radius 2 is 1.82 bits per heavy atom. The van der Waals surface area contributed by atoms with Gasteiger partial charge in [0.05, 0.1) is 22.6 Å². The van der Waals surface area contributed by atoms with Gasteiger partial charge >= 0.3 is 5.97 Å². The van der Waals surface area contributed by atoms with Crippen LogP contribution in [0.4, 0.5) is 10.8 Å². The van der Waals surface area contributed by atoms with Crippen LogP contribution in [0.25, 0.3) is 0 Å². The highest BCUT2D eigenvalue weighted by atomic mass is 32.2. The maximum atomic E-state index is 12.3. The number of carboxylic acid groups (broad SMARTS) is 1. The first kappa shape index (κ1) is 19.5. The second-order valence-corrected chi connectivity index (χ2v) is 8.21. The molecule has 3 N–H and O–H groups in total. The molecule has 3 rings (SSSR count). The van der Waals surface area contributed by atoms with Gasteiger partial charge in [-0.05, 0) is 30.3 Å². The highest BCUT2D eigenvalue weighted by molar-refractivity contribution is 7.93. The average molecular weight is 417 g/mol. The monoisotopic (exact) mass is 417 g/mol. The summed E-state index contributed by atoms with van der Waals surface area (Å²) in [6.45, 7) is 0. The second kappa shape index (κ2) is 8.19. The van der Waals surface area contributed by atoms with Crippen LogP contribution in [0, 0.1) is 0 Å². The van der Waals surface area contributed by atoms with E-state index in [2.05, 4.69) is 15.0 Å². The summed E-state index contributed by atoms with van der Waals surface area (Å²) in [7, 11) is -3.75. The zero-order valence-electron chi connectivity index (χ0n) is 14.3. The third-order valence-electron chi connectivity index (χ3n) is 3.56. The number of carbonyl (C=O) groups excluding carboxylic acids is 1. The normalized spacial score (nSPS) is 11.0. The third-order valence-corrected chi connectivity index (χ3v) is 5.85. The molecular formula is C18H15N3O5S2. The lowest BCUT2D eigenvalue weighted by molar-refractivity contribution is -0.115. The predicted octanol–water partition coefficient (Wildman–Crippen LogP) is 2.82. The van der Waals surface area contributed by atoms with Gasteiger partial charge in [-0.3, -0.25) is 9.52 Å². The van der Waals surface area contributed by atoms with Crippen molar-refractivity contribution >= 4 is 44.1 Å². The molecule has 0 unspecified atom stereocenters. The van der Waals surface area contributed by atoms with Gasteiger partial charge in [-0.25, -0.2) is 18.2 Å². The number of nitrogens with one attached hydrogen (secondary N) is 2. The Kier molecular flexibility index (Phi) is 5.71. The number of anilines is 2. The fraction of sp³-hybridized carbons (Fsp3) is 0.0556. The van der Waals surface area contributed by atoms with Crippen molar-refractivity contribution in [3.8, 4) is 0 Å². The Balaban J connectivity index is 1.64. The molecule has 0 atom stereocenters. The summed E-state index contributed by atoms with van der Waals surface area (Å²) in [5, 5.41) is 13.3. The SMILES string of the molecule is O=C(Cc1csc(NS(=O)(=O)c2ccccc2)n1)Nc1cccc(C(=O)O)c1. The average Bonchev–Trinajstić information content (AvgIpc) is 3.08. The number of carboxylic acids is 1. The van der Waals surface area contributed by atoms with Crippen molar-refractivity contribution in [1.29, 1.82) is 0 Å². The molecule has 2 aromatic carbocycles. The van der Waals surface area contributed by atoms with Crippen LogP contribution in [-0.2, 0) is 21.2 Å². The van der Waals surface area contributed by atoms with Gasteiger partial charge in [0.15, 0.2) is 5.13 Å². The minimum Gasteiger partial charge on any atom is -0.478 e. The molecule has 0 saturated carbocycles. The van der Waals surface area contributed by atoms with Crippen LogP contribution < -0.4 is 10.0 Å². The van der Waals surface area contributed by atoms with Crippen LogP contribution in [0.3, 0.4) is 0 Å². The van der Waals surface area contributed by atoms with Gasteiger partial charge in [-0.15, -0.1) is 11.3 Å². The molecule has 3 aromatic rings. The van der Waals surface area contributed by atoms with E-state index in [1.54, 1.807) is 29.6 Å². The van der Waals surface area contributed by atoms with Crippen LogP contribution in [-0.4, -0.2) is 30.4 Å². The van der Waals surface area contributed by atoms with E-state index < -0.39 is 21.9 Å². The van der Waals surface area contributed by atoms with E-state index in [9.17, 15) is 18.0 Å². The topological polar surface area (TPSA) is 125 Å². The van der Waals surface area contributed by atoms with Gasteiger partial charge in [0.25, 0.3) is 10.0 Å². The van der Waals surface area contributed by atoms with Crippen LogP contribution in [0.2, 0.25) is 0 Å². The second-order valence-electron chi connectivity index (χ2n) is 5.67. The van der Waals surface area contributed by atoms with Gasteiger partial charge in [0, 0.05) is 11.1 Å². The van der Waals surface area contributed by atoms with Gasteiger partial charge in [-0.1, -0.05) is 24.3 Å². The van der Waals surface area contributed by atoms with Gasteiger partial charge in [0.2, 0.25) is 5.91 Å². The first-order valence-electron chi connectivity index (χ1n) is 7.99. The van der Waals surface area contributed by atoms with E-state index in [4.69, 9.17) is 5.11 Å². The lowest BCUT2D eigenvalue weighted by atomic mass is 10.2. The lowest BCUT2D eigenvalue weighted by Crippen LogP contribution is -2.15. The fourth-order valence-electron chi connectivity index (χ4n) is 2.31. The molecule has 0 aliphatic heterocycles. The van der Waals surface area contributed by atoms with Gasteiger partial charge in [-0.2, -0.15) is 0 Å². The van der Waals surface area contributed by atoms with Crippen molar-refractivity contribution in [3.05, 3.63) is 71.2 Å². The summed E-state index contributed by atoms with van der Waals surface area (Å²) < 4.78 is 27.0. The quantitative estimate of drug-likeness (QED) is 0.543. The number of aromatic carboxylic acids is 1. The molecular weight excluding hydrogens is 402 g/mol. The van der Waals surface area contributed by atoms with Crippen molar-refractivity contribution in [1.82, 2.24) is 4.98 Å². The summed E-state index contributed by atoms with van der Waals surface area (Å²) >= 11 is 1.07. The number of aromatic nitrogens is 1. The summed E-state index contributed by atoms with van der Waals surface area (Å²) in [5.41, 5.74) is 0.803. The van der Waals surface area contributed by atoms with E-state index in [0.29, 0.717) is 11.4 Å². The van der Waals surface area contributed by atoms with Gasteiger partial charge in [0.1, 0.15) is 0 Å². The molecule has 0 spiro atoms. The van der Waals surface area contributed by atoms with Gasteiger partial charge < -0.3 is 10.4 Å². The maximum Gasteiger partial charge on any atom is 0.335 e. The van der Waals surface area contributed by atoms with Crippen molar-refractivity contribution in [3.63, 3.8) is 0 Å². The van der Waals surface area contributed by atoms with E-state index in [1.165, 1.54) is 30.3 Å². The molecule has 144 valence electrons. The first-order chi connectivity index (χ1) is 13.3. The molecule has 0 fully saturated rings. The Morgan fingerprint density at radius 1 is 1.07 bits per heavy atom. The minimum atomic E-state index is -3.75. The molecule has 0 saturated heterocycles. The number of hydrogen-bond donors (Lipinski definition) is 3. The molecule has 8 nitrogen and oxygen atoms in total. The van der Waals surface area contributed by atoms with Crippen molar-refractivity contribution in [2.24, 2.45) is 0 Å². The molecule has 0 aliphatic rings. The maximum absolute atomic E-state index is 12.3. The molecule has 10 heteroatoms.